The SMILES string of the molecule is Cc1ccc(Nc2ccnc(Nc3ccc(Br)c(C)c3)n2)cc1. The molecule has 0 aliphatic rings. The van der Waals surface area contributed by atoms with Crippen LogP contribution in [0.25, 0.3) is 0 Å². The second-order valence-electron chi connectivity index (χ2n) is 5.35. The van der Waals surface area contributed by atoms with Crippen LogP contribution in [-0.4, -0.2) is 9.97 Å². The second-order valence-corrected chi connectivity index (χ2v) is 6.20. The summed E-state index contributed by atoms with van der Waals surface area (Å²) in [6, 6.07) is 16.1. The zero-order chi connectivity index (χ0) is 16.2. The minimum atomic E-state index is 0.559. The standard InChI is InChI=1S/C18H17BrN4/c1-12-3-5-14(6-4-12)21-17-9-10-20-18(23-17)22-15-7-8-16(19)13(2)11-15/h3-11H,1-2H3,(H2,20,21,22,23). The summed E-state index contributed by atoms with van der Waals surface area (Å²) in [5, 5.41) is 6.50. The van der Waals surface area contributed by atoms with Gasteiger partial charge in [-0.05, 0) is 55.8 Å². The van der Waals surface area contributed by atoms with Crippen molar-refractivity contribution in [3.63, 3.8) is 0 Å². The van der Waals surface area contributed by atoms with E-state index in [9.17, 15) is 0 Å². The first-order valence-corrected chi connectivity index (χ1v) is 8.09. The highest BCUT2D eigenvalue weighted by atomic mass is 79.9. The summed E-state index contributed by atoms with van der Waals surface area (Å²) in [5.41, 5.74) is 4.34. The molecule has 2 N–H and O–H groups in total. The molecule has 0 spiro atoms. The summed E-state index contributed by atoms with van der Waals surface area (Å²) in [6.45, 7) is 4.11. The number of nitrogens with one attached hydrogen (secondary N) is 2. The third-order valence-electron chi connectivity index (χ3n) is 3.39. The summed E-state index contributed by atoms with van der Waals surface area (Å²) in [7, 11) is 0. The number of nitrogens with zero attached hydrogens (tertiary/aromatic N) is 2. The molecule has 4 nitrogen and oxygen atoms in total. The van der Waals surface area contributed by atoms with E-state index < -0.39 is 0 Å². The molecule has 0 unspecified atom stereocenters. The first-order valence-electron chi connectivity index (χ1n) is 7.30. The molecule has 3 aromatic rings. The average Bonchev–Trinajstić information content (AvgIpc) is 2.54. The van der Waals surface area contributed by atoms with Crippen LogP contribution in [0.15, 0.2) is 59.2 Å². The molecule has 5 heteroatoms. The number of rotatable bonds is 4. The summed E-state index contributed by atoms with van der Waals surface area (Å²) in [5.74, 6) is 1.31. The maximum Gasteiger partial charge on any atom is 0.229 e. The van der Waals surface area contributed by atoms with Crippen molar-refractivity contribution >= 4 is 39.1 Å². The lowest BCUT2D eigenvalue weighted by Gasteiger charge is -2.09. The molecule has 1 aromatic heterocycles. The normalized spacial score (nSPS) is 10.4. The third-order valence-corrected chi connectivity index (χ3v) is 4.28. The molecular formula is C18H17BrN4. The highest BCUT2D eigenvalue weighted by Gasteiger charge is 2.02. The van der Waals surface area contributed by atoms with E-state index in [0.29, 0.717) is 5.95 Å². The Morgan fingerprint density at radius 2 is 1.61 bits per heavy atom. The monoisotopic (exact) mass is 368 g/mol. The zero-order valence-electron chi connectivity index (χ0n) is 13.0. The van der Waals surface area contributed by atoms with Gasteiger partial charge in [-0.1, -0.05) is 33.6 Å². The van der Waals surface area contributed by atoms with Gasteiger partial charge in [0.1, 0.15) is 5.82 Å². The smallest absolute Gasteiger partial charge is 0.229 e. The first-order chi connectivity index (χ1) is 11.1. The Morgan fingerprint density at radius 1 is 0.870 bits per heavy atom. The van der Waals surface area contributed by atoms with E-state index in [2.05, 4.69) is 55.6 Å². The van der Waals surface area contributed by atoms with Gasteiger partial charge < -0.3 is 10.6 Å². The Hall–Kier alpha value is -2.40. The predicted molar refractivity (Wildman–Crippen MR) is 98.7 cm³/mol. The van der Waals surface area contributed by atoms with Crippen LogP contribution in [-0.2, 0) is 0 Å². The van der Waals surface area contributed by atoms with Gasteiger partial charge in [0.25, 0.3) is 0 Å². The molecule has 0 atom stereocenters. The fourth-order valence-corrected chi connectivity index (χ4v) is 2.37. The van der Waals surface area contributed by atoms with Gasteiger partial charge in [-0.25, -0.2) is 4.98 Å². The van der Waals surface area contributed by atoms with E-state index in [-0.39, 0.29) is 0 Å². The molecule has 0 amide bonds. The van der Waals surface area contributed by atoms with Crippen LogP contribution < -0.4 is 10.6 Å². The Balaban J connectivity index is 1.76. The Morgan fingerprint density at radius 3 is 2.35 bits per heavy atom. The van der Waals surface area contributed by atoms with Crippen molar-refractivity contribution in [2.24, 2.45) is 0 Å². The van der Waals surface area contributed by atoms with Crippen molar-refractivity contribution in [2.75, 3.05) is 10.6 Å². The fraction of sp³-hybridized carbons (Fsp3) is 0.111. The van der Waals surface area contributed by atoms with Crippen molar-refractivity contribution in [3.8, 4) is 0 Å². The van der Waals surface area contributed by atoms with Crippen molar-refractivity contribution in [1.82, 2.24) is 9.97 Å². The van der Waals surface area contributed by atoms with Gasteiger partial charge in [0.2, 0.25) is 5.95 Å². The summed E-state index contributed by atoms with van der Waals surface area (Å²) < 4.78 is 1.08. The molecule has 0 bridgehead atoms. The van der Waals surface area contributed by atoms with Gasteiger partial charge >= 0.3 is 0 Å². The topological polar surface area (TPSA) is 49.8 Å². The van der Waals surface area contributed by atoms with E-state index >= 15 is 0 Å². The van der Waals surface area contributed by atoms with Crippen LogP contribution in [0.5, 0.6) is 0 Å². The van der Waals surface area contributed by atoms with Gasteiger partial charge in [-0.2, -0.15) is 4.98 Å². The summed E-state index contributed by atoms with van der Waals surface area (Å²) in [6.07, 6.45) is 1.73. The van der Waals surface area contributed by atoms with Crippen molar-refractivity contribution in [3.05, 3.63) is 70.3 Å². The molecular weight excluding hydrogens is 352 g/mol. The van der Waals surface area contributed by atoms with Gasteiger partial charge in [-0.15, -0.1) is 0 Å². The van der Waals surface area contributed by atoms with Gasteiger partial charge in [-0.3, -0.25) is 0 Å². The summed E-state index contributed by atoms with van der Waals surface area (Å²) in [4.78, 5) is 8.76. The van der Waals surface area contributed by atoms with E-state index in [1.54, 1.807) is 6.20 Å². The number of aryl methyl sites for hydroxylation is 2. The van der Waals surface area contributed by atoms with Crippen molar-refractivity contribution in [1.29, 1.82) is 0 Å². The lowest BCUT2D eigenvalue weighted by atomic mass is 10.2. The highest BCUT2D eigenvalue weighted by molar-refractivity contribution is 9.10. The average molecular weight is 369 g/mol. The van der Waals surface area contributed by atoms with Crippen LogP contribution >= 0.6 is 15.9 Å². The molecule has 0 saturated carbocycles. The number of benzene rings is 2. The molecule has 0 aliphatic carbocycles. The Kier molecular flexibility index (Phi) is 4.57. The molecule has 0 fully saturated rings. The molecule has 0 saturated heterocycles. The van der Waals surface area contributed by atoms with Crippen LogP contribution in [0.2, 0.25) is 0 Å². The van der Waals surface area contributed by atoms with Crippen LogP contribution in [0, 0.1) is 13.8 Å². The molecule has 23 heavy (non-hydrogen) atoms. The number of hydrogen-bond acceptors (Lipinski definition) is 4. The Bertz CT molecular complexity index is 816. The largest absolute Gasteiger partial charge is 0.340 e. The second kappa shape index (κ2) is 6.79. The zero-order valence-corrected chi connectivity index (χ0v) is 14.6. The predicted octanol–water partition coefficient (Wildman–Crippen LogP) is 5.34. The fourth-order valence-electron chi connectivity index (χ4n) is 2.12. The van der Waals surface area contributed by atoms with E-state index in [1.807, 2.05) is 43.3 Å². The summed E-state index contributed by atoms with van der Waals surface area (Å²) >= 11 is 3.50. The molecule has 116 valence electrons. The first kappa shape index (κ1) is 15.5. The molecule has 0 radical (unpaired) electrons. The number of halogens is 1. The van der Waals surface area contributed by atoms with Crippen LogP contribution in [0.3, 0.4) is 0 Å². The molecule has 3 rings (SSSR count). The highest BCUT2D eigenvalue weighted by Crippen LogP contribution is 2.22. The quantitative estimate of drug-likeness (QED) is 0.652. The maximum absolute atomic E-state index is 4.49. The lowest BCUT2D eigenvalue weighted by molar-refractivity contribution is 1.16. The number of hydrogen-bond donors (Lipinski definition) is 2. The van der Waals surface area contributed by atoms with Gasteiger partial charge in [0.15, 0.2) is 0 Å². The van der Waals surface area contributed by atoms with Gasteiger partial charge in [0, 0.05) is 22.0 Å². The van der Waals surface area contributed by atoms with Crippen LogP contribution in [0.1, 0.15) is 11.1 Å². The molecule has 0 aliphatic heterocycles. The third kappa shape index (κ3) is 4.07. The van der Waals surface area contributed by atoms with E-state index in [4.69, 9.17) is 0 Å². The number of anilines is 4. The Labute approximate surface area is 144 Å². The minimum Gasteiger partial charge on any atom is -0.340 e. The van der Waals surface area contributed by atoms with E-state index in [1.165, 1.54) is 5.56 Å². The van der Waals surface area contributed by atoms with E-state index in [0.717, 1.165) is 27.2 Å². The molecule has 2 aromatic carbocycles. The van der Waals surface area contributed by atoms with Crippen molar-refractivity contribution in [2.45, 2.75) is 13.8 Å². The minimum absolute atomic E-state index is 0.559. The lowest BCUT2D eigenvalue weighted by Crippen LogP contribution is -2.00. The van der Waals surface area contributed by atoms with Crippen LogP contribution in [0.4, 0.5) is 23.1 Å². The van der Waals surface area contributed by atoms with Gasteiger partial charge in [0.05, 0.1) is 0 Å². The van der Waals surface area contributed by atoms with Crippen molar-refractivity contribution < 1.29 is 0 Å². The number of aromatic nitrogens is 2. The molecule has 1 heterocycles. The maximum atomic E-state index is 4.49.